The first-order valence-electron chi connectivity index (χ1n) is 6.83. The molecule has 0 saturated heterocycles. The van der Waals surface area contributed by atoms with Crippen LogP contribution in [0.5, 0.6) is 0 Å². The summed E-state index contributed by atoms with van der Waals surface area (Å²) in [6.07, 6.45) is 4.01. The number of nitrogens with one attached hydrogen (secondary N) is 1. The highest BCUT2D eigenvalue weighted by Gasteiger charge is 2.29. The summed E-state index contributed by atoms with van der Waals surface area (Å²) < 4.78 is 7.51. The number of aryl methyl sites for hydroxylation is 2. The Morgan fingerprint density at radius 2 is 2.11 bits per heavy atom. The van der Waals surface area contributed by atoms with E-state index >= 15 is 0 Å². The van der Waals surface area contributed by atoms with E-state index in [0.29, 0.717) is 18.2 Å². The molecule has 2 rings (SSSR count). The summed E-state index contributed by atoms with van der Waals surface area (Å²) in [7, 11) is 3.82. The number of rotatable bonds is 4. The van der Waals surface area contributed by atoms with Gasteiger partial charge < -0.3 is 10.1 Å². The summed E-state index contributed by atoms with van der Waals surface area (Å²) in [5.74, 6) is 0. The molecule has 1 aromatic rings. The second-order valence-corrected chi connectivity index (χ2v) is 5.41. The minimum absolute atomic E-state index is 0.333. The molecule has 0 bridgehead atoms. The van der Waals surface area contributed by atoms with Crippen LogP contribution in [0.15, 0.2) is 0 Å². The smallest absolute Gasteiger partial charge is 0.0724 e. The molecule has 1 aromatic heterocycles. The average molecular weight is 251 g/mol. The van der Waals surface area contributed by atoms with Gasteiger partial charge in [-0.3, -0.25) is 4.68 Å². The summed E-state index contributed by atoms with van der Waals surface area (Å²) >= 11 is 0. The molecule has 1 heterocycles. The molecule has 1 fully saturated rings. The molecule has 3 atom stereocenters. The van der Waals surface area contributed by atoms with Crippen molar-refractivity contribution in [2.24, 2.45) is 7.05 Å². The molecule has 1 aliphatic carbocycles. The zero-order valence-electron chi connectivity index (χ0n) is 12.2. The fourth-order valence-corrected chi connectivity index (χ4v) is 3.22. The van der Waals surface area contributed by atoms with E-state index in [9.17, 15) is 0 Å². The van der Waals surface area contributed by atoms with Crippen molar-refractivity contribution in [3.63, 3.8) is 0 Å². The molecule has 4 nitrogen and oxygen atoms in total. The van der Waals surface area contributed by atoms with Crippen LogP contribution in [0.3, 0.4) is 0 Å². The number of hydrogen-bond acceptors (Lipinski definition) is 3. The number of ether oxygens (including phenoxy) is 1. The summed E-state index contributed by atoms with van der Waals surface area (Å²) in [5, 5.41) is 8.20. The van der Waals surface area contributed by atoms with Gasteiger partial charge in [-0.2, -0.15) is 5.10 Å². The van der Waals surface area contributed by atoms with Crippen LogP contribution in [0.2, 0.25) is 0 Å². The highest BCUT2D eigenvalue weighted by atomic mass is 16.5. The number of hydrogen-bond donors (Lipinski definition) is 1. The van der Waals surface area contributed by atoms with Gasteiger partial charge >= 0.3 is 0 Å². The Morgan fingerprint density at radius 3 is 2.67 bits per heavy atom. The monoisotopic (exact) mass is 251 g/mol. The molecule has 1 saturated carbocycles. The van der Waals surface area contributed by atoms with Crippen LogP contribution in [-0.4, -0.2) is 29.0 Å². The Kier molecular flexibility index (Phi) is 4.07. The molecule has 3 unspecified atom stereocenters. The van der Waals surface area contributed by atoms with E-state index < -0.39 is 0 Å². The van der Waals surface area contributed by atoms with Crippen LogP contribution in [0, 0.1) is 13.8 Å². The van der Waals surface area contributed by atoms with Crippen molar-refractivity contribution < 1.29 is 4.74 Å². The van der Waals surface area contributed by atoms with Gasteiger partial charge in [0.25, 0.3) is 0 Å². The quantitative estimate of drug-likeness (QED) is 0.892. The number of nitrogens with zero attached hydrogens (tertiary/aromatic N) is 2. The Labute approximate surface area is 110 Å². The van der Waals surface area contributed by atoms with E-state index in [1.165, 1.54) is 30.5 Å². The lowest BCUT2D eigenvalue weighted by Crippen LogP contribution is -2.38. The maximum Gasteiger partial charge on any atom is 0.0724 e. The van der Waals surface area contributed by atoms with Gasteiger partial charge in [-0.1, -0.05) is 0 Å². The van der Waals surface area contributed by atoms with Gasteiger partial charge in [-0.15, -0.1) is 0 Å². The number of methoxy groups -OCH3 is 1. The standard InChI is InChI=1S/C14H25N3O/c1-9(14-10(2)16-17(4)11(14)3)15-12-7-6-8-13(12)18-5/h9,12-13,15H,6-8H2,1-5H3. The molecule has 0 amide bonds. The van der Waals surface area contributed by atoms with E-state index in [4.69, 9.17) is 4.74 Å². The Balaban J connectivity index is 2.09. The van der Waals surface area contributed by atoms with Crippen molar-refractivity contribution in [2.75, 3.05) is 7.11 Å². The fourth-order valence-electron chi connectivity index (χ4n) is 3.22. The van der Waals surface area contributed by atoms with Gasteiger partial charge in [0.2, 0.25) is 0 Å². The van der Waals surface area contributed by atoms with Crippen molar-refractivity contribution in [1.29, 1.82) is 0 Å². The second kappa shape index (κ2) is 5.41. The molecule has 0 aromatic carbocycles. The highest BCUT2D eigenvalue weighted by molar-refractivity contribution is 5.27. The van der Waals surface area contributed by atoms with Gasteiger partial charge in [0, 0.05) is 37.5 Å². The Hall–Kier alpha value is -0.870. The first-order chi connectivity index (χ1) is 8.54. The molecule has 1 aliphatic rings. The van der Waals surface area contributed by atoms with Crippen LogP contribution < -0.4 is 5.32 Å². The molecular formula is C14H25N3O. The first kappa shape index (κ1) is 13.6. The minimum atomic E-state index is 0.333. The Morgan fingerprint density at radius 1 is 1.39 bits per heavy atom. The van der Waals surface area contributed by atoms with Gasteiger partial charge in [-0.05, 0) is 40.0 Å². The van der Waals surface area contributed by atoms with E-state index in [1.54, 1.807) is 0 Å². The van der Waals surface area contributed by atoms with Crippen molar-refractivity contribution in [1.82, 2.24) is 15.1 Å². The van der Waals surface area contributed by atoms with Gasteiger partial charge in [0.15, 0.2) is 0 Å². The SMILES string of the molecule is COC1CCCC1NC(C)c1c(C)nn(C)c1C. The molecule has 102 valence electrons. The molecule has 0 spiro atoms. The first-order valence-corrected chi connectivity index (χ1v) is 6.83. The lowest BCUT2D eigenvalue weighted by molar-refractivity contribution is 0.0819. The van der Waals surface area contributed by atoms with E-state index in [-0.39, 0.29) is 0 Å². The van der Waals surface area contributed by atoms with Gasteiger partial charge in [-0.25, -0.2) is 0 Å². The van der Waals surface area contributed by atoms with Gasteiger partial charge in [0.05, 0.1) is 11.8 Å². The molecule has 4 heteroatoms. The molecule has 0 radical (unpaired) electrons. The molecular weight excluding hydrogens is 226 g/mol. The van der Waals surface area contributed by atoms with Crippen LogP contribution in [0.4, 0.5) is 0 Å². The maximum absolute atomic E-state index is 5.54. The van der Waals surface area contributed by atoms with Gasteiger partial charge in [0.1, 0.15) is 0 Å². The van der Waals surface area contributed by atoms with Crippen molar-refractivity contribution in [3.05, 3.63) is 17.0 Å². The van der Waals surface area contributed by atoms with Crippen LogP contribution >= 0.6 is 0 Å². The minimum Gasteiger partial charge on any atom is -0.380 e. The normalized spacial score (nSPS) is 25.6. The van der Waals surface area contributed by atoms with Crippen molar-refractivity contribution >= 4 is 0 Å². The van der Waals surface area contributed by atoms with Crippen molar-refractivity contribution in [2.45, 2.75) is 58.2 Å². The van der Waals surface area contributed by atoms with Crippen molar-refractivity contribution in [3.8, 4) is 0 Å². The van der Waals surface area contributed by atoms with Crippen LogP contribution in [0.25, 0.3) is 0 Å². The largest absolute Gasteiger partial charge is 0.380 e. The summed E-state index contributed by atoms with van der Waals surface area (Å²) in [6, 6.07) is 0.809. The number of aromatic nitrogens is 2. The lowest BCUT2D eigenvalue weighted by Gasteiger charge is -2.24. The topological polar surface area (TPSA) is 39.1 Å². The zero-order valence-corrected chi connectivity index (χ0v) is 12.2. The van der Waals surface area contributed by atoms with E-state index in [1.807, 2.05) is 18.8 Å². The predicted molar refractivity (Wildman–Crippen MR) is 72.7 cm³/mol. The molecule has 1 N–H and O–H groups in total. The molecule has 0 aliphatic heterocycles. The third-order valence-electron chi connectivity index (χ3n) is 4.22. The second-order valence-electron chi connectivity index (χ2n) is 5.41. The predicted octanol–water partition coefficient (Wildman–Crippen LogP) is 2.26. The summed E-state index contributed by atoms with van der Waals surface area (Å²) in [6.45, 7) is 6.45. The van der Waals surface area contributed by atoms with E-state index in [2.05, 4.69) is 31.2 Å². The summed E-state index contributed by atoms with van der Waals surface area (Å²) in [5.41, 5.74) is 3.71. The maximum atomic E-state index is 5.54. The lowest BCUT2D eigenvalue weighted by atomic mass is 10.0. The fraction of sp³-hybridized carbons (Fsp3) is 0.786. The zero-order chi connectivity index (χ0) is 13.3. The van der Waals surface area contributed by atoms with Crippen LogP contribution in [0.1, 0.15) is 49.2 Å². The highest BCUT2D eigenvalue weighted by Crippen LogP contribution is 2.26. The third kappa shape index (κ3) is 2.45. The molecule has 18 heavy (non-hydrogen) atoms. The van der Waals surface area contributed by atoms with Crippen LogP contribution in [-0.2, 0) is 11.8 Å². The summed E-state index contributed by atoms with van der Waals surface area (Å²) in [4.78, 5) is 0. The Bertz CT molecular complexity index is 413. The average Bonchev–Trinajstić information content (AvgIpc) is 2.85. The van der Waals surface area contributed by atoms with E-state index in [0.717, 1.165) is 5.69 Å². The third-order valence-corrected chi connectivity index (χ3v) is 4.22.